The number of hydrogen-bond donors (Lipinski definition) is 3. The van der Waals surface area contributed by atoms with Crippen molar-refractivity contribution < 1.29 is 14.7 Å². The van der Waals surface area contributed by atoms with Crippen LogP contribution in [-0.2, 0) is 11.8 Å². The molecule has 0 saturated carbocycles. The molecule has 0 aromatic carbocycles. The first kappa shape index (κ1) is 18.9. The maximum atomic E-state index is 12.0. The summed E-state index contributed by atoms with van der Waals surface area (Å²) in [6, 6.07) is 1.50. The van der Waals surface area contributed by atoms with E-state index in [9.17, 15) is 9.59 Å². The number of carbonyl (C=O) groups excluding carboxylic acids is 1. The maximum absolute atomic E-state index is 12.0. The number of carboxylic acids is 1. The SMILES string of the molecule is CC(=O)O.Cc1cc(=O)c(C(=O)NCC2CCCNC2)cn1C. The van der Waals surface area contributed by atoms with Crippen LogP contribution in [0.5, 0.6) is 0 Å². The van der Waals surface area contributed by atoms with Crippen molar-refractivity contribution in [3.05, 3.63) is 33.7 Å². The molecule has 0 bridgehead atoms. The Morgan fingerprint density at radius 1 is 1.48 bits per heavy atom. The standard InChI is InChI=1S/C14H21N3O2.C2H4O2/c1-10-6-13(18)12(9-17(10)2)14(19)16-8-11-4-3-5-15-7-11;1-2(3)4/h6,9,11,15H,3-5,7-8H2,1-2H3,(H,16,19);1H3,(H,3,4). The highest BCUT2D eigenvalue weighted by Crippen LogP contribution is 2.08. The Hall–Kier alpha value is -2.15. The second-order valence-corrected chi connectivity index (χ2v) is 5.75. The molecule has 7 heteroatoms. The van der Waals surface area contributed by atoms with Crippen molar-refractivity contribution in [3.63, 3.8) is 0 Å². The van der Waals surface area contributed by atoms with Gasteiger partial charge in [0.2, 0.25) is 0 Å². The lowest BCUT2D eigenvalue weighted by molar-refractivity contribution is -0.134. The van der Waals surface area contributed by atoms with Gasteiger partial charge in [-0.15, -0.1) is 0 Å². The summed E-state index contributed by atoms with van der Waals surface area (Å²) in [6.07, 6.45) is 3.87. The average Bonchev–Trinajstić information content (AvgIpc) is 2.49. The summed E-state index contributed by atoms with van der Waals surface area (Å²) < 4.78 is 1.79. The van der Waals surface area contributed by atoms with Gasteiger partial charge in [0, 0.05) is 38.5 Å². The van der Waals surface area contributed by atoms with E-state index in [1.165, 1.54) is 6.07 Å². The number of carbonyl (C=O) groups is 2. The van der Waals surface area contributed by atoms with Gasteiger partial charge in [0.05, 0.1) is 0 Å². The molecule has 7 nitrogen and oxygen atoms in total. The summed E-state index contributed by atoms with van der Waals surface area (Å²) in [4.78, 5) is 32.8. The van der Waals surface area contributed by atoms with E-state index in [-0.39, 0.29) is 16.9 Å². The summed E-state index contributed by atoms with van der Waals surface area (Å²) in [7, 11) is 1.83. The zero-order valence-electron chi connectivity index (χ0n) is 13.9. The topological polar surface area (TPSA) is 100 Å². The van der Waals surface area contributed by atoms with Gasteiger partial charge in [0.25, 0.3) is 11.9 Å². The van der Waals surface area contributed by atoms with Crippen molar-refractivity contribution in [1.29, 1.82) is 0 Å². The molecule has 1 saturated heterocycles. The zero-order chi connectivity index (χ0) is 17.4. The van der Waals surface area contributed by atoms with Gasteiger partial charge in [-0.3, -0.25) is 14.4 Å². The Balaban J connectivity index is 0.000000593. The minimum atomic E-state index is -0.833. The Morgan fingerprint density at radius 2 is 2.13 bits per heavy atom. The van der Waals surface area contributed by atoms with E-state index in [0.29, 0.717) is 12.5 Å². The molecular weight excluding hydrogens is 298 g/mol. The highest BCUT2D eigenvalue weighted by Gasteiger charge is 2.16. The molecule has 1 aliphatic rings. The van der Waals surface area contributed by atoms with Gasteiger partial charge in [-0.2, -0.15) is 0 Å². The van der Waals surface area contributed by atoms with Gasteiger partial charge in [0.15, 0.2) is 5.43 Å². The summed E-state index contributed by atoms with van der Waals surface area (Å²) in [5.74, 6) is -0.641. The molecule has 1 fully saturated rings. The van der Waals surface area contributed by atoms with E-state index in [4.69, 9.17) is 9.90 Å². The lowest BCUT2D eigenvalue weighted by Gasteiger charge is -2.22. The molecule has 1 aliphatic heterocycles. The fourth-order valence-electron chi connectivity index (χ4n) is 2.33. The van der Waals surface area contributed by atoms with Crippen LogP contribution in [0, 0.1) is 12.8 Å². The van der Waals surface area contributed by atoms with Crippen molar-refractivity contribution in [3.8, 4) is 0 Å². The van der Waals surface area contributed by atoms with Gasteiger partial charge in [0.1, 0.15) is 5.56 Å². The molecule has 1 atom stereocenters. The molecular formula is C16H25N3O4. The molecule has 1 unspecified atom stereocenters. The van der Waals surface area contributed by atoms with Crippen molar-refractivity contribution >= 4 is 11.9 Å². The number of piperidine rings is 1. The van der Waals surface area contributed by atoms with Gasteiger partial charge in [-0.1, -0.05) is 0 Å². The Labute approximate surface area is 135 Å². The van der Waals surface area contributed by atoms with Gasteiger partial charge < -0.3 is 20.3 Å². The normalized spacial score (nSPS) is 16.9. The summed E-state index contributed by atoms with van der Waals surface area (Å²) in [5.41, 5.74) is 0.852. The predicted molar refractivity (Wildman–Crippen MR) is 87.7 cm³/mol. The van der Waals surface area contributed by atoms with Crippen molar-refractivity contribution in [1.82, 2.24) is 15.2 Å². The second-order valence-electron chi connectivity index (χ2n) is 5.75. The van der Waals surface area contributed by atoms with E-state index in [0.717, 1.165) is 38.5 Å². The van der Waals surface area contributed by atoms with E-state index in [1.807, 2.05) is 14.0 Å². The quantitative estimate of drug-likeness (QED) is 0.753. The fraction of sp³-hybridized carbons (Fsp3) is 0.562. The molecule has 0 spiro atoms. The minimum absolute atomic E-state index is 0.213. The van der Waals surface area contributed by atoms with Crippen molar-refractivity contribution in [2.75, 3.05) is 19.6 Å². The predicted octanol–water partition coefficient (Wildman–Crippen LogP) is 0.514. The Bertz CT molecular complexity index is 600. The van der Waals surface area contributed by atoms with Crippen LogP contribution in [-0.4, -0.2) is 41.2 Å². The number of nitrogens with one attached hydrogen (secondary N) is 2. The van der Waals surface area contributed by atoms with Crippen LogP contribution in [0.3, 0.4) is 0 Å². The maximum Gasteiger partial charge on any atom is 0.300 e. The third-order valence-corrected chi connectivity index (χ3v) is 3.68. The smallest absolute Gasteiger partial charge is 0.300 e. The molecule has 0 radical (unpaired) electrons. The molecule has 0 aliphatic carbocycles. The number of pyridine rings is 1. The lowest BCUT2D eigenvalue weighted by Crippen LogP contribution is -2.39. The van der Waals surface area contributed by atoms with Gasteiger partial charge >= 0.3 is 0 Å². The highest BCUT2D eigenvalue weighted by molar-refractivity contribution is 5.93. The number of amides is 1. The number of aryl methyl sites for hydroxylation is 2. The number of carboxylic acid groups (broad SMARTS) is 1. The van der Waals surface area contributed by atoms with E-state index >= 15 is 0 Å². The van der Waals surface area contributed by atoms with Crippen LogP contribution in [0.2, 0.25) is 0 Å². The molecule has 23 heavy (non-hydrogen) atoms. The first-order valence-electron chi connectivity index (χ1n) is 7.67. The molecule has 2 heterocycles. The molecule has 128 valence electrons. The monoisotopic (exact) mass is 323 g/mol. The molecule has 1 aromatic heterocycles. The number of aromatic nitrogens is 1. The summed E-state index contributed by atoms with van der Waals surface area (Å²) >= 11 is 0. The average molecular weight is 323 g/mol. The number of rotatable bonds is 3. The van der Waals surface area contributed by atoms with Crippen molar-refractivity contribution in [2.45, 2.75) is 26.7 Å². The molecule has 3 N–H and O–H groups in total. The second kappa shape index (κ2) is 9.09. The third kappa shape index (κ3) is 6.65. The first-order chi connectivity index (χ1) is 10.8. The van der Waals surface area contributed by atoms with Crippen LogP contribution in [0.1, 0.15) is 35.8 Å². The van der Waals surface area contributed by atoms with Gasteiger partial charge in [-0.05, 0) is 38.8 Å². The fourth-order valence-corrected chi connectivity index (χ4v) is 2.33. The lowest BCUT2D eigenvalue weighted by atomic mass is 10.00. The zero-order valence-corrected chi connectivity index (χ0v) is 13.9. The Morgan fingerprint density at radius 3 is 2.70 bits per heavy atom. The van der Waals surface area contributed by atoms with Crippen molar-refractivity contribution in [2.24, 2.45) is 13.0 Å². The largest absolute Gasteiger partial charge is 0.481 e. The van der Waals surface area contributed by atoms with Crippen LogP contribution < -0.4 is 16.1 Å². The van der Waals surface area contributed by atoms with E-state index < -0.39 is 5.97 Å². The van der Waals surface area contributed by atoms with Crippen LogP contribution in [0.15, 0.2) is 17.1 Å². The molecule has 2 rings (SSSR count). The highest BCUT2D eigenvalue weighted by atomic mass is 16.4. The molecule has 1 aromatic rings. The third-order valence-electron chi connectivity index (χ3n) is 3.68. The summed E-state index contributed by atoms with van der Waals surface area (Å²) in [6.45, 7) is 5.55. The van der Waals surface area contributed by atoms with E-state index in [1.54, 1.807) is 10.8 Å². The summed E-state index contributed by atoms with van der Waals surface area (Å²) in [5, 5.41) is 13.6. The van der Waals surface area contributed by atoms with Crippen LogP contribution >= 0.6 is 0 Å². The number of aliphatic carboxylic acids is 1. The van der Waals surface area contributed by atoms with Gasteiger partial charge in [-0.25, -0.2) is 0 Å². The first-order valence-corrected chi connectivity index (χ1v) is 7.67. The number of hydrogen-bond acceptors (Lipinski definition) is 4. The Kier molecular flexibility index (Phi) is 7.47. The molecule has 1 amide bonds. The minimum Gasteiger partial charge on any atom is -0.481 e. The number of nitrogens with zero attached hydrogens (tertiary/aromatic N) is 1. The van der Waals surface area contributed by atoms with Crippen LogP contribution in [0.4, 0.5) is 0 Å². The van der Waals surface area contributed by atoms with E-state index in [2.05, 4.69) is 10.6 Å². The van der Waals surface area contributed by atoms with Crippen LogP contribution in [0.25, 0.3) is 0 Å².